The summed E-state index contributed by atoms with van der Waals surface area (Å²) in [5.41, 5.74) is 2.23. The minimum Gasteiger partial charge on any atom is -0.345 e. The number of piperazine rings is 1. The van der Waals surface area contributed by atoms with E-state index in [-0.39, 0.29) is 42.0 Å². The van der Waals surface area contributed by atoms with Crippen LogP contribution in [0.15, 0.2) is 58.9 Å². The number of Topliss-reactive ketones (excluding diaryl/α,β-unsaturated/α-hetero) is 1. The molecule has 0 spiro atoms. The Morgan fingerprint density at radius 3 is 2.61 bits per heavy atom. The van der Waals surface area contributed by atoms with Gasteiger partial charge in [-0.1, -0.05) is 29.7 Å². The maximum absolute atomic E-state index is 13.9. The number of nitrogens with one attached hydrogen (secondary N) is 2. The first-order chi connectivity index (χ1) is 19.8. The Hall–Kier alpha value is -4.07. The molecule has 0 radical (unpaired) electrons. The van der Waals surface area contributed by atoms with E-state index in [4.69, 9.17) is 23.0 Å². The monoisotopic (exact) mass is 578 g/mol. The van der Waals surface area contributed by atoms with Crippen LogP contribution in [-0.2, 0) is 14.4 Å². The fourth-order valence-electron chi connectivity index (χ4n) is 4.89. The molecule has 0 saturated carbocycles. The van der Waals surface area contributed by atoms with E-state index in [1.807, 2.05) is 12.1 Å². The Kier molecular flexibility index (Phi) is 10.2. The number of aliphatic imine (C=N–C) groups is 1. The van der Waals surface area contributed by atoms with Gasteiger partial charge in [0.25, 0.3) is 0 Å². The Bertz CT molecular complexity index is 1400. The van der Waals surface area contributed by atoms with Gasteiger partial charge in [-0.3, -0.25) is 29.3 Å². The molecule has 0 bridgehead atoms. The van der Waals surface area contributed by atoms with Crippen LogP contribution in [0.4, 0.5) is 4.39 Å². The number of carbonyl (C=O) groups excluding carboxylic acids is 3. The number of pyridine rings is 1. The predicted molar refractivity (Wildman–Crippen MR) is 154 cm³/mol. The Morgan fingerprint density at radius 2 is 1.95 bits per heavy atom. The second-order valence-electron chi connectivity index (χ2n) is 9.83. The van der Waals surface area contributed by atoms with Gasteiger partial charge in [0.15, 0.2) is 11.6 Å². The van der Waals surface area contributed by atoms with Crippen molar-refractivity contribution in [3.05, 3.63) is 76.0 Å². The van der Waals surface area contributed by atoms with Gasteiger partial charge in [0.2, 0.25) is 11.8 Å². The zero-order chi connectivity index (χ0) is 29.4. The standard InChI is InChI=1S/C30H32ClFN6O3/c1-3-12-34-26(40)8-6-9-27(41)38-16-14-37(15-17-38)19-25-28(20(2)39)29(22-11-10-21(32)18-23(22)31)36-30(35-25)24-7-4-5-13-33-24/h1,4-5,7,10-11,13,18,29H,6,8-9,12,14-17,19H2,2H3,(H,34,40)(H,35,36). The second-order valence-corrected chi connectivity index (χ2v) is 10.2. The van der Waals surface area contributed by atoms with Gasteiger partial charge < -0.3 is 15.5 Å². The smallest absolute Gasteiger partial charge is 0.222 e. The average molecular weight is 579 g/mol. The third-order valence-electron chi connectivity index (χ3n) is 6.96. The lowest BCUT2D eigenvalue weighted by Crippen LogP contribution is -2.50. The van der Waals surface area contributed by atoms with Gasteiger partial charge in [0.05, 0.1) is 6.54 Å². The van der Waals surface area contributed by atoms with Crippen molar-refractivity contribution in [1.82, 2.24) is 25.4 Å². The number of hydrogen-bond donors (Lipinski definition) is 2. The first-order valence-corrected chi connectivity index (χ1v) is 13.8. The third kappa shape index (κ3) is 7.78. The van der Waals surface area contributed by atoms with Crippen molar-refractivity contribution >= 4 is 35.0 Å². The van der Waals surface area contributed by atoms with E-state index in [9.17, 15) is 18.8 Å². The minimum absolute atomic E-state index is 0.00409. The fraction of sp³-hybridized carbons (Fsp3) is 0.367. The molecule has 0 aliphatic carbocycles. The van der Waals surface area contributed by atoms with Crippen molar-refractivity contribution in [2.24, 2.45) is 4.99 Å². The Labute approximate surface area is 243 Å². The van der Waals surface area contributed by atoms with Crippen LogP contribution in [-0.4, -0.2) is 77.5 Å². The topological polar surface area (TPSA) is 107 Å². The van der Waals surface area contributed by atoms with Crippen LogP contribution >= 0.6 is 11.6 Å². The maximum Gasteiger partial charge on any atom is 0.222 e. The molecule has 214 valence electrons. The highest BCUT2D eigenvalue weighted by Crippen LogP contribution is 2.36. The van der Waals surface area contributed by atoms with Crippen LogP contribution in [0.1, 0.15) is 43.5 Å². The Morgan fingerprint density at radius 1 is 1.17 bits per heavy atom. The molecule has 2 amide bonds. The molecule has 4 rings (SSSR count). The summed E-state index contributed by atoms with van der Waals surface area (Å²) >= 11 is 6.43. The molecule has 3 heterocycles. The predicted octanol–water partition coefficient (Wildman–Crippen LogP) is 2.87. The fourth-order valence-corrected chi connectivity index (χ4v) is 5.16. The third-order valence-corrected chi connectivity index (χ3v) is 7.29. The highest BCUT2D eigenvalue weighted by molar-refractivity contribution is 6.31. The van der Waals surface area contributed by atoms with Gasteiger partial charge in [-0.15, -0.1) is 6.42 Å². The number of amides is 2. The van der Waals surface area contributed by atoms with Gasteiger partial charge in [0.1, 0.15) is 17.6 Å². The van der Waals surface area contributed by atoms with Gasteiger partial charge >= 0.3 is 0 Å². The van der Waals surface area contributed by atoms with E-state index in [0.29, 0.717) is 67.5 Å². The zero-order valence-electron chi connectivity index (χ0n) is 22.8. The summed E-state index contributed by atoms with van der Waals surface area (Å²) < 4.78 is 13.9. The molecule has 2 aliphatic rings. The van der Waals surface area contributed by atoms with E-state index in [1.54, 1.807) is 23.2 Å². The second kappa shape index (κ2) is 14.0. The number of benzene rings is 1. The molecule has 9 nitrogen and oxygen atoms in total. The summed E-state index contributed by atoms with van der Waals surface area (Å²) in [4.78, 5) is 50.6. The van der Waals surface area contributed by atoms with Gasteiger partial charge in [-0.25, -0.2) is 4.39 Å². The molecule has 1 aromatic carbocycles. The Balaban J connectivity index is 1.48. The quantitative estimate of drug-likeness (QED) is 0.420. The summed E-state index contributed by atoms with van der Waals surface area (Å²) in [6.45, 7) is 4.32. The molecular formula is C30H32ClFN6O3. The molecule has 11 heteroatoms. The SMILES string of the molecule is C#CCNC(=O)CCCC(=O)N1CCN(CC2=C(C(C)=O)C(c3ccc(F)cc3Cl)N=C(c3ccccn3)N2)CC1. The lowest BCUT2D eigenvalue weighted by Gasteiger charge is -2.37. The molecule has 1 saturated heterocycles. The largest absolute Gasteiger partial charge is 0.345 e. The molecule has 1 unspecified atom stereocenters. The van der Waals surface area contributed by atoms with Gasteiger partial charge in [-0.2, -0.15) is 0 Å². The van der Waals surface area contributed by atoms with Crippen LogP contribution in [0.5, 0.6) is 0 Å². The molecule has 2 aliphatic heterocycles. The first-order valence-electron chi connectivity index (χ1n) is 13.4. The summed E-state index contributed by atoms with van der Waals surface area (Å²) in [5.74, 6) is 2.02. The van der Waals surface area contributed by atoms with Crippen LogP contribution in [0.3, 0.4) is 0 Å². The number of amidine groups is 1. The number of aromatic nitrogens is 1. The van der Waals surface area contributed by atoms with E-state index in [1.165, 1.54) is 19.1 Å². The lowest BCUT2D eigenvalue weighted by molar-refractivity contribution is -0.133. The number of carbonyl (C=O) groups is 3. The van der Waals surface area contributed by atoms with Crippen molar-refractivity contribution in [3.8, 4) is 12.3 Å². The summed E-state index contributed by atoms with van der Waals surface area (Å²) in [5, 5.41) is 6.10. The molecule has 41 heavy (non-hydrogen) atoms. The summed E-state index contributed by atoms with van der Waals surface area (Å²) in [6.07, 6.45) is 7.79. The number of nitrogens with zero attached hydrogens (tertiary/aromatic N) is 4. The van der Waals surface area contributed by atoms with Crippen molar-refractivity contribution in [3.63, 3.8) is 0 Å². The molecule has 2 N–H and O–H groups in total. The highest BCUT2D eigenvalue weighted by Gasteiger charge is 2.32. The molecule has 1 fully saturated rings. The minimum atomic E-state index is -0.741. The molecule has 2 aromatic rings. The number of rotatable bonds is 10. The van der Waals surface area contributed by atoms with Gasteiger partial charge in [0, 0.05) is 73.6 Å². The lowest BCUT2D eigenvalue weighted by atomic mass is 9.92. The van der Waals surface area contributed by atoms with Crippen molar-refractivity contribution in [1.29, 1.82) is 0 Å². The van der Waals surface area contributed by atoms with Crippen LogP contribution < -0.4 is 10.6 Å². The summed E-state index contributed by atoms with van der Waals surface area (Å²) in [7, 11) is 0. The van der Waals surface area contributed by atoms with Crippen molar-refractivity contribution in [2.45, 2.75) is 32.2 Å². The van der Waals surface area contributed by atoms with E-state index >= 15 is 0 Å². The maximum atomic E-state index is 13.9. The zero-order valence-corrected chi connectivity index (χ0v) is 23.6. The molecular weight excluding hydrogens is 547 g/mol. The van der Waals surface area contributed by atoms with E-state index in [2.05, 4.69) is 26.4 Å². The number of halogens is 2. The highest BCUT2D eigenvalue weighted by atomic mass is 35.5. The van der Waals surface area contributed by atoms with Crippen molar-refractivity contribution in [2.75, 3.05) is 39.3 Å². The van der Waals surface area contributed by atoms with Crippen LogP contribution in [0.2, 0.25) is 5.02 Å². The van der Waals surface area contributed by atoms with Gasteiger partial charge in [-0.05, 0) is 37.6 Å². The number of terminal acetylenes is 1. The first kappa shape index (κ1) is 29.9. The average Bonchev–Trinajstić information content (AvgIpc) is 2.96. The van der Waals surface area contributed by atoms with Crippen molar-refractivity contribution < 1.29 is 18.8 Å². The van der Waals surface area contributed by atoms with Crippen LogP contribution in [0, 0.1) is 18.2 Å². The summed E-state index contributed by atoms with van der Waals surface area (Å²) in [6, 6.07) is 8.79. The number of hydrogen-bond acceptors (Lipinski definition) is 7. The van der Waals surface area contributed by atoms with E-state index < -0.39 is 11.9 Å². The van der Waals surface area contributed by atoms with E-state index in [0.717, 1.165) is 0 Å². The molecule has 1 atom stereocenters. The van der Waals surface area contributed by atoms with Crippen LogP contribution in [0.25, 0.3) is 0 Å². The number of ketones is 1. The normalized spacial score (nSPS) is 17.4. The molecule has 1 aromatic heterocycles.